The zero-order valence-electron chi connectivity index (χ0n) is 23.9. The number of benzene rings is 3. The average Bonchev–Trinajstić information content (AvgIpc) is 3.39. The summed E-state index contributed by atoms with van der Waals surface area (Å²) in [6.45, 7) is 7.17. The molecule has 2 unspecified atom stereocenters. The first-order chi connectivity index (χ1) is 20.2. The number of nitrogens with zero attached hydrogens (tertiary/aromatic N) is 5. The number of fused-ring (bicyclic) bond motifs is 3. The minimum Gasteiger partial charge on any atom is -0.465 e. The molecule has 0 aliphatic carbocycles. The summed E-state index contributed by atoms with van der Waals surface area (Å²) in [6.07, 6.45) is 5.43. The Balaban J connectivity index is 1.10. The van der Waals surface area contributed by atoms with Crippen LogP contribution < -0.4 is 4.90 Å². The van der Waals surface area contributed by atoms with Gasteiger partial charge in [0.1, 0.15) is 5.60 Å². The third-order valence-corrected chi connectivity index (χ3v) is 8.15. The summed E-state index contributed by atoms with van der Waals surface area (Å²) in [5, 5.41) is 6.37. The lowest BCUT2D eigenvalue weighted by molar-refractivity contribution is -0.0310. The molecule has 2 aromatic heterocycles. The first-order valence-electron chi connectivity index (χ1n) is 14.0. The first kappa shape index (κ1) is 26.0. The topological polar surface area (TPSA) is 89.3 Å². The number of rotatable bonds is 4. The summed E-state index contributed by atoms with van der Waals surface area (Å²) in [6, 6.07) is 20.5. The van der Waals surface area contributed by atoms with Gasteiger partial charge in [-0.1, -0.05) is 42.5 Å². The number of ether oxygens (including phenoxy) is 2. The van der Waals surface area contributed by atoms with Crippen molar-refractivity contribution < 1.29 is 19.1 Å². The predicted molar refractivity (Wildman–Crippen MR) is 161 cm³/mol. The summed E-state index contributed by atoms with van der Waals surface area (Å²) in [4.78, 5) is 33.7. The van der Waals surface area contributed by atoms with Crippen molar-refractivity contribution in [3.63, 3.8) is 0 Å². The zero-order valence-corrected chi connectivity index (χ0v) is 23.9. The van der Waals surface area contributed by atoms with Gasteiger partial charge >= 0.3 is 12.1 Å². The smallest absolute Gasteiger partial charge is 0.410 e. The molecule has 2 aliphatic rings. The maximum absolute atomic E-state index is 12.4. The normalized spacial score (nSPS) is 17.9. The van der Waals surface area contributed by atoms with Crippen LogP contribution in [-0.4, -0.2) is 69.4 Å². The predicted octanol–water partition coefficient (Wildman–Crippen LogP) is 5.81. The quantitative estimate of drug-likeness (QED) is 0.256. The van der Waals surface area contributed by atoms with Gasteiger partial charge in [-0.05, 0) is 60.9 Å². The van der Waals surface area contributed by atoms with Gasteiger partial charge in [-0.15, -0.1) is 0 Å². The molecule has 0 N–H and O–H groups in total. The van der Waals surface area contributed by atoms with Gasteiger partial charge < -0.3 is 14.4 Å². The molecule has 4 heterocycles. The molecule has 0 spiro atoms. The van der Waals surface area contributed by atoms with Crippen molar-refractivity contribution in [2.24, 2.45) is 0 Å². The van der Waals surface area contributed by atoms with Crippen LogP contribution in [0.5, 0.6) is 0 Å². The number of methoxy groups -OCH3 is 1. The van der Waals surface area contributed by atoms with Gasteiger partial charge in [-0.25, -0.2) is 19.1 Å². The molecule has 7 rings (SSSR count). The summed E-state index contributed by atoms with van der Waals surface area (Å²) >= 11 is 0. The molecule has 1 amide bonds. The second kappa shape index (κ2) is 9.58. The van der Waals surface area contributed by atoms with Crippen LogP contribution in [0, 0.1) is 0 Å². The average molecular weight is 562 g/mol. The van der Waals surface area contributed by atoms with Crippen LogP contribution in [0.15, 0.2) is 79.3 Å². The van der Waals surface area contributed by atoms with Crippen molar-refractivity contribution in [2.75, 3.05) is 25.1 Å². The van der Waals surface area contributed by atoms with Crippen molar-refractivity contribution in [2.45, 2.75) is 38.5 Å². The lowest BCUT2D eigenvalue weighted by Crippen LogP contribution is -2.80. The highest BCUT2D eigenvalue weighted by Crippen LogP contribution is 2.39. The number of anilines is 1. The van der Waals surface area contributed by atoms with Gasteiger partial charge in [0.05, 0.1) is 31.0 Å². The molecule has 2 saturated heterocycles. The highest BCUT2D eigenvalue weighted by molar-refractivity contribution is 6.10. The monoisotopic (exact) mass is 561 g/mol. The third kappa shape index (κ3) is 4.24. The minimum absolute atomic E-state index is 0.217. The Kier molecular flexibility index (Phi) is 5.93. The fraction of sp³-hybridized carbons (Fsp3) is 0.273. The summed E-state index contributed by atoms with van der Waals surface area (Å²) < 4.78 is 12.3. The number of hydrogen-bond acceptors (Lipinski definition) is 7. The van der Waals surface area contributed by atoms with Crippen LogP contribution in [0.4, 0.5) is 10.5 Å². The van der Waals surface area contributed by atoms with E-state index in [9.17, 15) is 9.59 Å². The highest BCUT2D eigenvalue weighted by Gasteiger charge is 2.54. The molecule has 3 aromatic carbocycles. The van der Waals surface area contributed by atoms with Gasteiger partial charge in [-0.2, -0.15) is 5.10 Å². The first-order valence-corrected chi connectivity index (χ1v) is 14.0. The number of carbonyl (C=O) groups is 2. The van der Waals surface area contributed by atoms with Crippen molar-refractivity contribution >= 4 is 34.2 Å². The van der Waals surface area contributed by atoms with E-state index in [0.717, 1.165) is 50.9 Å². The molecule has 0 radical (unpaired) electrons. The lowest BCUT2D eigenvalue weighted by atomic mass is 9.85. The van der Waals surface area contributed by atoms with E-state index in [2.05, 4.69) is 34.3 Å². The van der Waals surface area contributed by atoms with E-state index >= 15 is 0 Å². The Morgan fingerprint density at radius 3 is 2.31 bits per heavy atom. The van der Waals surface area contributed by atoms with Gasteiger partial charge in [0, 0.05) is 42.3 Å². The number of amides is 1. The molecule has 0 bridgehead atoms. The Bertz CT molecular complexity index is 1860. The SMILES string of the molecule is COC(=O)c1ccc(-c2cnn3cc(-c4ccc(N5CC6C5CN6C(=O)OC(C)(C)C)cc4)cnc23)c2ccccc12. The molecular weight excluding hydrogens is 530 g/mol. The minimum atomic E-state index is -0.483. The number of esters is 1. The molecule has 5 aromatic rings. The molecule has 42 heavy (non-hydrogen) atoms. The van der Waals surface area contributed by atoms with E-state index in [1.54, 1.807) is 10.6 Å². The second-order valence-electron chi connectivity index (χ2n) is 11.8. The van der Waals surface area contributed by atoms with Gasteiger partial charge in [-0.3, -0.25) is 4.90 Å². The van der Waals surface area contributed by atoms with E-state index in [0.29, 0.717) is 18.2 Å². The van der Waals surface area contributed by atoms with Crippen molar-refractivity contribution in [3.05, 3.63) is 84.8 Å². The number of hydrogen-bond donors (Lipinski definition) is 0. The fourth-order valence-electron chi connectivity index (χ4n) is 5.96. The van der Waals surface area contributed by atoms with Crippen LogP contribution in [0.25, 0.3) is 38.7 Å². The molecule has 2 aliphatic heterocycles. The number of aromatic nitrogens is 3. The number of piperazine rings is 1. The van der Waals surface area contributed by atoms with E-state index < -0.39 is 5.60 Å². The second-order valence-corrected chi connectivity index (χ2v) is 11.8. The van der Waals surface area contributed by atoms with Crippen molar-refractivity contribution in [3.8, 4) is 22.3 Å². The molecule has 0 saturated carbocycles. The third-order valence-electron chi connectivity index (χ3n) is 8.15. The summed E-state index contributed by atoms with van der Waals surface area (Å²) in [5.74, 6) is -0.365. The fourth-order valence-corrected chi connectivity index (χ4v) is 5.96. The Labute approximate surface area is 243 Å². The molecule has 212 valence electrons. The van der Waals surface area contributed by atoms with Crippen LogP contribution in [0.1, 0.15) is 31.1 Å². The van der Waals surface area contributed by atoms with Gasteiger partial charge in [0.15, 0.2) is 5.65 Å². The van der Waals surface area contributed by atoms with Gasteiger partial charge in [0.25, 0.3) is 0 Å². The maximum atomic E-state index is 12.4. The summed E-state index contributed by atoms with van der Waals surface area (Å²) in [5.41, 5.74) is 5.75. The van der Waals surface area contributed by atoms with E-state index in [4.69, 9.17) is 14.5 Å². The van der Waals surface area contributed by atoms with Crippen LogP contribution in [0.2, 0.25) is 0 Å². The van der Waals surface area contributed by atoms with Crippen molar-refractivity contribution in [1.29, 1.82) is 0 Å². The van der Waals surface area contributed by atoms with Crippen LogP contribution >= 0.6 is 0 Å². The molecule has 2 atom stereocenters. The molecular formula is C33H31N5O4. The summed E-state index contributed by atoms with van der Waals surface area (Å²) in [7, 11) is 1.39. The molecule has 9 nitrogen and oxygen atoms in total. The molecule has 9 heteroatoms. The molecule has 2 fully saturated rings. The van der Waals surface area contributed by atoms with E-state index in [1.165, 1.54) is 7.11 Å². The largest absolute Gasteiger partial charge is 0.465 e. The maximum Gasteiger partial charge on any atom is 0.410 e. The van der Waals surface area contributed by atoms with Crippen LogP contribution in [0.3, 0.4) is 0 Å². The highest BCUT2D eigenvalue weighted by atomic mass is 16.6. The van der Waals surface area contributed by atoms with Crippen molar-refractivity contribution in [1.82, 2.24) is 19.5 Å². The number of carbonyl (C=O) groups excluding carboxylic acids is 2. The number of likely N-dealkylation sites (tertiary alicyclic amines) is 1. The standard InChI is InChI=1S/C33H31N5O4/c1-33(2,3)42-32(40)37-19-28-29(37)18-36(28)22-11-9-20(10-12-22)21-15-34-30-27(16-35-38(30)17-21)25-13-14-26(31(39)41-4)24-8-6-5-7-23(24)25/h5-17,28-29H,18-19H2,1-4H3. The van der Waals surface area contributed by atoms with Gasteiger partial charge in [0.2, 0.25) is 0 Å². The Morgan fingerprint density at radius 2 is 1.62 bits per heavy atom. The lowest BCUT2D eigenvalue weighted by Gasteiger charge is -2.62. The van der Waals surface area contributed by atoms with Crippen LogP contribution in [-0.2, 0) is 9.47 Å². The Morgan fingerprint density at radius 1 is 0.857 bits per heavy atom. The Hall–Kier alpha value is -4.92. The zero-order chi connectivity index (χ0) is 29.2. The van der Waals surface area contributed by atoms with E-state index in [1.807, 2.05) is 74.6 Å². The van der Waals surface area contributed by atoms with E-state index in [-0.39, 0.29) is 18.1 Å².